The molecule has 1 aromatic carbocycles. The quantitative estimate of drug-likeness (QED) is 0.455. The molecule has 1 rings (SSSR count). The number of carbonyl (C=O) groups is 1. The molecule has 1 amide bonds. The molecule has 0 atom stereocenters. The number of benzene rings is 1. The van der Waals surface area contributed by atoms with Gasteiger partial charge in [-0.25, -0.2) is 0 Å². The molecule has 3 N–H and O–H groups in total. The summed E-state index contributed by atoms with van der Waals surface area (Å²) >= 11 is 0. The van der Waals surface area contributed by atoms with Crippen LogP contribution in [-0.4, -0.2) is 45.2 Å². The summed E-state index contributed by atoms with van der Waals surface area (Å²) in [6, 6.07) is 4.66. The number of nitrogens with zero attached hydrogens (tertiary/aromatic N) is 1. The number of halogens is 2. The summed E-state index contributed by atoms with van der Waals surface area (Å²) in [5.41, 5.74) is 0.491. The molecule has 0 heterocycles. The van der Waals surface area contributed by atoms with Gasteiger partial charge in [0.25, 0.3) is 0 Å². The van der Waals surface area contributed by atoms with Gasteiger partial charge in [-0.05, 0) is 32.0 Å². The zero-order valence-electron chi connectivity index (χ0n) is 15.4. The molecule has 0 fully saturated rings. The van der Waals surface area contributed by atoms with Gasteiger partial charge in [-0.2, -0.15) is 8.78 Å². The Hall–Kier alpha value is -2.58. The van der Waals surface area contributed by atoms with Gasteiger partial charge in [0.2, 0.25) is 5.91 Å². The van der Waals surface area contributed by atoms with Crippen molar-refractivity contribution < 1.29 is 23.0 Å². The van der Waals surface area contributed by atoms with E-state index >= 15 is 0 Å². The van der Waals surface area contributed by atoms with Crippen molar-refractivity contribution in [2.75, 3.05) is 20.7 Å². The van der Waals surface area contributed by atoms with Gasteiger partial charge in [-0.1, -0.05) is 0 Å². The number of hydrogen-bond donors (Lipinski definition) is 3. The van der Waals surface area contributed by atoms with Crippen LogP contribution in [0.25, 0.3) is 0 Å². The van der Waals surface area contributed by atoms with Crippen LogP contribution in [0, 0.1) is 0 Å². The molecule has 0 unspecified atom stereocenters. The SMILES string of the molecule is CN=C(NCCC(=O)NC(C)C)NCc1cc(OC)ccc1OC(F)F. The summed E-state index contributed by atoms with van der Waals surface area (Å²) in [6.07, 6.45) is 0.289. The van der Waals surface area contributed by atoms with Crippen molar-refractivity contribution in [3.8, 4) is 11.5 Å². The highest BCUT2D eigenvalue weighted by Gasteiger charge is 2.12. The summed E-state index contributed by atoms with van der Waals surface area (Å²) in [5.74, 6) is 0.952. The molecule has 9 heteroatoms. The van der Waals surface area contributed by atoms with Gasteiger partial charge in [-0.3, -0.25) is 9.79 Å². The molecule has 0 aromatic heterocycles. The second kappa shape index (κ2) is 11.1. The third kappa shape index (κ3) is 8.00. The number of amides is 1. The van der Waals surface area contributed by atoms with Crippen molar-refractivity contribution in [3.63, 3.8) is 0 Å². The normalized spacial score (nSPS) is 11.5. The van der Waals surface area contributed by atoms with Crippen LogP contribution in [0.2, 0.25) is 0 Å². The average Bonchev–Trinajstić information content (AvgIpc) is 2.57. The monoisotopic (exact) mass is 372 g/mol. The Bertz CT molecular complexity index is 610. The molecule has 7 nitrogen and oxygen atoms in total. The second-order valence-corrected chi connectivity index (χ2v) is 5.68. The number of rotatable bonds is 9. The van der Waals surface area contributed by atoms with E-state index in [0.29, 0.717) is 23.8 Å². The largest absolute Gasteiger partial charge is 0.497 e. The lowest BCUT2D eigenvalue weighted by molar-refractivity contribution is -0.121. The van der Waals surface area contributed by atoms with Crippen LogP contribution in [0.3, 0.4) is 0 Å². The first-order valence-corrected chi connectivity index (χ1v) is 8.21. The van der Waals surface area contributed by atoms with Crippen molar-refractivity contribution in [2.45, 2.75) is 39.5 Å². The summed E-state index contributed by atoms with van der Waals surface area (Å²) in [7, 11) is 3.06. The van der Waals surface area contributed by atoms with Gasteiger partial charge in [0.05, 0.1) is 7.11 Å². The zero-order chi connectivity index (χ0) is 19.5. The van der Waals surface area contributed by atoms with Gasteiger partial charge >= 0.3 is 6.61 Å². The molecule has 0 aliphatic rings. The summed E-state index contributed by atoms with van der Waals surface area (Å²) in [5, 5.41) is 8.77. The van der Waals surface area contributed by atoms with Crippen molar-refractivity contribution >= 4 is 11.9 Å². The number of ether oxygens (including phenoxy) is 2. The van der Waals surface area contributed by atoms with Crippen molar-refractivity contribution in [1.82, 2.24) is 16.0 Å². The number of aliphatic imine (C=N–C) groups is 1. The van der Waals surface area contributed by atoms with Crippen molar-refractivity contribution in [1.29, 1.82) is 0 Å². The standard InChI is InChI=1S/C17H26F2N4O3/c1-11(2)23-15(24)7-8-21-17(20-3)22-10-12-9-13(25-4)5-6-14(12)26-16(18)19/h5-6,9,11,16H,7-8,10H2,1-4H3,(H,23,24)(H2,20,21,22). The lowest BCUT2D eigenvalue weighted by atomic mass is 10.2. The van der Waals surface area contributed by atoms with Crippen molar-refractivity contribution in [2.24, 2.45) is 4.99 Å². The van der Waals surface area contributed by atoms with Crippen LogP contribution in [0.15, 0.2) is 23.2 Å². The van der Waals surface area contributed by atoms with Gasteiger partial charge in [0.15, 0.2) is 5.96 Å². The van der Waals surface area contributed by atoms with Gasteiger partial charge in [0, 0.05) is 38.2 Å². The molecule has 26 heavy (non-hydrogen) atoms. The lowest BCUT2D eigenvalue weighted by Gasteiger charge is -2.15. The fourth-order valence-corrected chi connectivity index (χ4v) is 2.12. The summed E-state index contributed by atoms with van der Waals surface area (Å²) in [4.78, 5) is 15.6. The van der Waals surface area contributed by atoms with E-state index in [-0.39, 0.29) is 30.7 Å². The molecule has 0 bridgehead atoms. The first-order chi connectivity index (χ1) is 12.3. The minimum absolute atomic E-state index is 0.0556. The molecule has 0 saturated carbocycles. The van der Waals surface area contributed by atoms with Crippen LogP contribution < -0.4 is 25.4 Å². The van der Waals surface area contributed by atoms with Gasteiger partial charge < -0.3 is 25.4 Å². The predicted octanol–water partition coefficient (Wildman–Crippen LogP) is 1.88. The van der Waals surface area contributed by atoms with Crippen LogP contribution in [0.5, 0.6) is 11.5 Å². The topological polar surface area (TPSA) is 84.0 Å². The van der Waals surface area contributed by atoms with E-state index in [1.807, 2.05) is 13.8 Å². The second-order valence-electron chi connectivity index (χ2n) is 5.68. The van der Waals surface area contributed by atoms with Crippen molar-refractivity contribution in [3.05, 3.63) is 23.8 Å². The van der Waals surface area contributed by atoms with E-state index in [9.17, 15) is 13.6 Å². The van der Waals surface area contributed by atoms with E-state index in [1.54, 1.807) is 19.2 Å². The van der Waals surface area contributed by atoms with Gasteiger partial charge in [-0.15, -0.1) is 0 Å². The minimum atomic E-state index is -2.92. The fraction of sp³-hybridized carbons (Fsp3) is 0.529. The highest BCUT2D eigenvalue weighted by Crippen LogP contribution is 2.25. The molecule has 0 spiro atoms. The number of carbonyl (C=O) groups excluding carboxylic acids is 1. The van der Waals surface area contributed by atoms with E-state index in [2.05, 4.69) is 25.7 Å². The van der Waals surface area contributed by atoms with E-state index in [0.717, 1.165) is 0 Å². The minimum Gasteiger partial charge on any atom is -0.497 e. The molecular formula is C17H26F2N4O3. The van der Waals surface area contributed by atoms with E-state index < -0.39 is 6.61 Å². The first-order valence-electron chi connectivity index (χ1n) is 8.21. The van der Waals surface area contributed by atoms with Crippen LogP contribution in [0.1, 0.15) is 25.8 Å². The van der Waals surface area contributed by atoms with Crippen LogP contribution >= 0.6 is 0 Å². The Morgan fingerprint density at radius 3 is 2.58 bits per heavy atom. The molecule has 1 aromatic rings. The van der Waals surface area contributed by atoms with Crippen LogP contribution in [-0.2, 0) is 11.3 Å². The number of hydrogen-bond acceptors (Lipinski definition) is 4. The Morgan fingerprint density at radius 1 is 1.27 bits per heavy atom. The third-order valence-electron chi connectivity index (χ3n) is 3.25. The number of methoxy groups -OCH3 is 1. The maximum Gasteiger partial charge on any atom is 0.387 e. The Balaban J connectivity index is 2.60. The average molecular weight is 372 g/mol. The van der Waals surface area contributed by atoms with E-state index in [1.165, 1.54) is 13.2 Å². The Labute approximate surface area is 152 Å². The number of nitrogens with one attached hydrogen (secondary N) is 3. The molecular weight excluding hydrogens is 346 g/mol. The Kier molecular flexibility index (Phi) is 9.18. The van der Waals surface area contributed by atoms with Crippen LogP contribution in [0.4, 0.5) is 8.78 Å². The Morgan fingerprint density at radius 2 is 2.00 bits per heavy atom. The molecule has 0 aliphatic carbocycles. The smallest absolute Gasteiger partial charge is 0.387 e. The number of guanidine groups is 1. The third-order valence-corrected chi connectivity index (χ3v) is 3.25. The first kappa shape index (κ1) is 21.5. The molecule has 0 saturated heterocycles. The zero-order valence-corrected chi connectivity index (χ0v) is 15.4. The lowest BCUT2D eigenvalue weighted by Crippen LogP contribution is -2.39. The maximum absolute atomic E-state index is 12.5. The predicted molar refractivity (Wildman–Crippen MR) is 95.7 cm³/mol. The fourth-order valence-electron chi connectivity index (χ4n) is 2.12. The molecule has 146 valence electrons. The summed E-state index contributed by atoms with van der Waals surface area (Å²) < 4.78 is 34.7. The molecule has 0 aliphatic heterocycles. The maximum atomic E-state index is 12.5. The highest BCUT2D eigenvalue weighted by molar-refractivity contribution is 5.81. The highest BCUT2D eigenvalue weighted by atomic mass is 19.3. The summed E-state index contributed by atoms with van der Waals surface area (Å²) in [6.45, 7) is 1.44. The number of alkyl halides is 2. The molecule has 0 radical (unpaired) electrons. The van der Waals surface area contributed by atoms with Gasteiger partial charge in [0.1, 0.15) is 11.5 Å². The van der Waals surface area contributed by atoms with E-state index in [4.69, 9.17) is 4.74 Å².